The van der Waals surface area contributed by atoms with Crippen molar-refractivity contribution in [2.24, 2.45) is 11.8 Å². The number of amides is 1. The summed E-state index contributed by atoms with van der Waals surface area (Å²) in [5.74, 6) is -1.16. The van der Waals surface area contributed by atoms with Crippen LogP contribution < -0.4 is 0 Å². The quantitative estimate of drug-likeness (QED) is 0.791. The third-order valence-corrected chi connectivity index (χ3v) is 3.78. The molecule has 0 saturated carbocycles. The number of hydrogen-bond donors (Lipinski definition) is 1. The van der Waals surface area contributed by atoms with E-state index in [0.717, 1.165) is 12.8 Å². The summed E-state index contributed by atoms with van der Waals surface area (Å²) in [6.07, 6.45) is 2.20. The molecule has 96 valence electrons. The first-order valence-corrected chi connectivity index (χ1v) is 6.26. The zero-order valence-electron chi connectivity index (χ0n) is 10.1. The summed E-state index contributed by atoms with van der Waals surface area (Å²) in [5, 5.41) is 8.91. The van der Waals surface area contributed by atoms with Crippen molar-refractivity contribution in [2.75, 3.05) is 19.7 Å². The molecule has 1 amide bonds. The maximum atomic E-state index is 12.2. The minimum absolute atomic E-state index is 0.0198. The van der Waals surface area contributed by atoms with E-state index in [1.807, 2.05) is 6.92 Å². The minimum Gasteiger partial charge on any atom is -0.481 e. The van der Waals surface area contributed by atoms with Crippen molar-refractivity contribution in [1.82, 2.24) is 4.90 Å². The molecule has 1 N–H and O–H groups in total. The van der Waals surface area contributed by atoms with Crippen molar-refractivity contribution in [3.05, 3.63) is 0 Å². The Bertz CT molecular complexity index is 318. The van der Waals surface area contributed by atoms with Crippen LogP contribution >= 0.6 is 0 Å². The second kappa shape index (κ2) is 5.04. The Hall–Kier alpha value is -1.10. The molecule has 5 heteroatoms. The first-order valence-electron chi connectivity index (χ1n) is 6.26. The fourth-order valence-corrected chi connectivity index (χ4v) is 2.73. The number of carbonyl (C=O) groups is 2. The van der Waals surface area contributed by atoms with E-state index >= 15 is 0 Å². The van der Waals surface area contributed by atoms with Crippen molar-refractivity contribution in [3.8, 4) is 0 Å². The Morgan fingerprint density at radius 2 is 2.18 bits per heavy atom. The third-order valence-electron chi connectivity index (χ3n) is 3.78. The fourth-order valence-electron chi connectivity index (χ4n) is 2.73. The van der Waals surface area contributed by atoms with Gasteiger partial charge in [-0.05, 0) is 19.3 Å². The molecule has 5 nitrogen and oxygen atoms in total. The number of likely N-dealkylation sites (tertiary alicyclic amines) is 1. The van der Waals surface area contributed by atoms with Crippen LogP contribution in [0.1, 0.15) is 26.2 Å². The van der Waals surface area contributed by atoms with Crippen LogP contribution in [0, 0.1) is 11.8 Å². The molecule has 2 aliphatic heterocycles. The van der Waals surface area contributed by atoms with E-state index in [4.69, 9.17) is 9.84 Å². The number of carbonyl (C=O) groups excluding carboxylic acids is 1. The molecule has 2 aliphatic rings. The largest absolute Gasteiger partial charge is 0.481 e. The molecule has 2 heterocycles. The Balaban J connectivity index is 1.95. The molecule has 0 aromatic carbocycles. The van der Waals surface area contributed by atoms with E-state index in [9.17, 15) is 9.59 Å². The molecule has 0 radical (unpaired) electrons. The smallest absolute Gasteiger partial charge is 0.308 e. The molecule has 0 aromatic rings. The molecular formula is C12H19NO4. The van der Waals surface area contributed by atoms with Gasteiger partial charge in [0.15, 0.2) is 0 Å². The monoisotopic (exact) mass is 241 g/mol. The van der Waals surface area contributed by atoms with E-state index in [1.54, 1.807) is 4.90 Å². The average Bonchev–Trinajstić information content (AvgIpc) is 2.96. The van der Waals surface area contributed by atoms with Gasteiger partial charge in [0.05, 0.1) is 17.9 Å². The van der Waals surface area contributed by atoms with Crippen LogP contribution in [-0.2, 0) is 14.3 Å². The zero-order chi connectivity index (χ0) is 12.4. The average molecular weight is 241 g/mol. The van der Waals surface area contributed by atoms with Crippen molar-refractivity contribution in [3.63, 3.8) is 0 Å². The van der Waals surface area contributed by atoms with Crippen LogP contribution in [0.25, 0.3) is 0 Å². The van der Waals surface area contributed by atoms with Gasteiger partial charge in [-0.15, -0.1) is 0 Å². The highest BCUT2D eigenvalue weighted by atomic mass is 16.5. The lowest BCUT2D eigenvalue weighted by Gasteiger charge is -2.23. The molecule has 0 spiro atoms. The molecule has 3 atom stereocenters. The van der Waals surface area contributed by atoms with Crippen LogP contribution in [0.5, 0.6) is 0 Å². The first kappa shape index (κ1) is 12.4. The van der Waals surface area contributed by atoms with Crippen LogP contribution in [-0.4, -0.2) is 47.7 Å². The van der Waals surface area contributed by atoms with E-state index in [1.165, 1.54) is 0 Å². The van der Waals surface area contributed by atoms with Crippen molar-refractivity contribution < 1.29 is 19.4 Å². The normalized spacial score (nSPS) is 33.0. The number of hydrogen-bond acceptors (Lipinski definition) is 3. The topological polar surface area (TPSA) is 66.8 Å². The summed E-state index contributed by atoms with van der Waals surface area (Å²) in [5.41, 5.74) is 0. The highest BCUT2D eigenvalue weighted by molar-refractivity contribution is 5.81. The molecule has 2 rings (SSSR count). The van der Waals surface area contributed by atoms with E-state index < -0.39 is 5.97 Å². The standard InChI is InChI=1S/C12H19NO4/c1-2-10-9(4-6-17-10)11(14)13-5-3-8(7-13)12(15)16/h8-10H,2-7H2,1H3,(H,15,16). The van der Waals surface area contributed by atoms with Gasteiger partial charge in [0.25, 0.3) is 0 Å². The molecule has 2 saturated heterocycles. The van der Waals surface area contributed by atoms with Gasteiger partial charge < -0.3 is 14.7 Å². The van der Waals surface area contributed by atoms with Gasteiger partial charge in [0.2, 0.25) is 5.91 Å². The maximum Gasteiger partial charge on any atom is 0.308 e. The van der Waals surface area contributed by atoms with Crippen molar-refractivity contribution >= 4 is 11.9 Å². The molecule has 0 aliphatic carbocycles. The van der Waals surface area contributed by atoms with E-state index in [-0.39, 0.29) is 23.8 Å². The molecular weight excluding hydrogens is 222 g/mol. The lowest BCUT2D eigenvalue weighted by Crippen LogP contribution is -2.38. The van der Waals surface area contributed by atoms with Gasteiger partial charge >= 0.3 is 5.97 Å². The highest BCUT2D eigenvalue weighted by Crippen LogP contribution is 2.28. The van der Waals surface area contributed by atoms with Gasteiger partial charge in [-0.1, -0.05) is 6.92 Å². The summed E-state index contributed by atoms with van der Waals surface area (Å²) in [7, 11) is 0. The van der Waals surface area contributed by atoms with E-state index in [2.05, 4.69) is 0 Å². The van der Waals surface area contributed by atoms with Gasteiger partial charge in [-0.2, -0.15) is 0 Å². The molecule has 0 bridgehead atoms. The van der Waals surface area contributed by atoms with Gasteiger partial charge in [0, 0.05) is 19.7 Å². The predicted molar refractivity (Wildman–Crippen MR) is 60.5 cm³/mol. The van der Waals surface area contributed by atoms with Crippen molar-refractivity contribution in [1.29, 1.82) is 0 Å². The van der Waals surface area contributed by atoms with Crippen LogP contribution in [0.3, 0.4) is 0 Å². The van der Waals surface area contributed by atoms with E-state index in [0.29, 0.717) is 26.1 Å². The number of carboxylic acid groups (broad SMARTS) is 1. The summed E-state index contributed by atoms with van der Waals surface area (Å²) >= 11 is 0. The maximum absolute atomic E-state index is 12.2. The number of aliphatic carboxylic acids is 1. The number of carboxylic acids is 1. The summed E-state index contributed by atoms with van der Waals surface area (Å²) < 4.78 is 5.51. The van der Waals surface area contributed by atoms with Gasteiger partial charge in [0.1, 0.15) is 0 Å². The second-order valence-electron chi connectivity index (χ2n) is 4.82. The molecule has 3 unspecified atom stereocenters. The lowest BCUT2D eigenvalue weighted by atomic mass is 9.98. The predicted octanol–water partition coefficient (Wildman–Crippen LogP) is 0.735. The first-order chi connectivity index (χ1) is 8.13. The Morgan fingerprint density at radius 3 is 2.76 bits per heavy atom. The highest BCUT2D eigenvalue weighted by Gasteiger charge is 2.39. The number of ether oxygens (including phenoxy) is 1. The van der Waals surface area contributed by atoms with Crippen LogP contribution in [0.4, 0.5) is 0 Å². The van der Waals surface area contributed by atoms with Gasteiger partial charge in [-0.3, -0.25) is 9.59 Å². The molecule has 17 heavy (non-hydrogen) atoms. The summed E-state index contributed by atoms with van der Waals surface area (Å²) in [6, 6.07) is 0. The third kappa shape index (κ3) is 2.44. The Labute approximate surface area is 101 Å². The Kier molecular flexibility index (Phi) is 3.66. The number of rotatable bonds is 3. The minimum atomic E-state index is -0.796. The molecule has 0 aromatic heterocycles. The second-order valence-corrected chi connectivity index (χ2v) is 4.82. The number of nitrogens with zero attached hydrogens (tertiary/aromatic N) is 1. The summed E-state index contributed by atoms with van der Waals surface area (Å²) in [6.45, 7) is 3.59. The van der Waals surface area contributed by atoms with Crippen LogP contribution in [0.2, 0.25) is 0 Å². The van der Waals surface area contributed by atoms with Crippen molar-refractivity contribution in [2.45, 2.75) is 32.3 Å². The SMILES string of the molecule is CCC1OCCC1C(=O)N1CCC(C(=O)O)C1. The molecule has 2 fully saturated rings. The zero-order valence-corrected chi connectivity index (χ0v) is 10.1. The lowest BCUT2D eigenvalue weighted by molar-refractivity contribution is -0.141. The van der Waals surface area contributed by atoms with Gasteiger partial charge in [-0.25, -0.2) is 0 Å². The van der Waals surface area contributed by atoms with Crippen LogP contribution in [0.15, 0.2) is 0 Å². The Morgan fingerprint density at radius 1 is 1.41 bits per heavy atom. The summed E-state index contributed by atoms with van der Waals surface area (Å²) in [4.78, 5) is 24.8. The fraction of sp³-hybridized carbons (Fsp3) is 0.833.